The molecular weight excluding hydrogens is 1850 g/mol. The standard InChI is InChI=1S/C63H98N28O28.7ClH/c64-1-22-8-85(78-71-22)15-29-50-36(92)43(99)57(106-29)114-51-30(16-86-9-23(2-65)72-79-86)108-59(45(101)38(51)94)116-53-32(18-88-11-25(4-67)74-81-88)110-61(47(103)40(53)96)118-55-34(20-90-13-27(6-69)76-83-90)112-63(49(105)42(55)98)119-56-35(21-91-14-28(7-70)77-84-91)111-62(48(104)41(56)97)117-54-33(19-89-12-26(5-68)75-82-89)109-60(46(102)39(54)95)115-52-31(17-87-10-24(3-66)73-80-87)107-58(113-50)44(100)37(52)93;;;;;;;/h8-14,29-63,92-105H,1-7,15-21,64-70H2;7*1H/t29-,30-,31-,32-,33-,34-,35-,36-,37-,38-,39-,40-,41-,42-,43-,44-,45-,46-,47-,48-,49-,50-,51-,52-,53-,54-,55-,56-,57-,58-,59-,60-,61-,62-,63-;;;;;;;/m1......./s1. The zero-order chi connectivity index (χ0) is 83.9. The summed E-state index contributed by atoms with van der Waals surface area (Å²) in [7, 11) is 0. The Kier molecular flexibility index (Phi) is 38.9. The summed E-state index contributed by atoms with van der Waals surface area (Å²) in [6.45, 7) is -3.90. The molecule has 714 valence electrons. The summed E-state index contributed by atoms with van der Waals surface area (Å²) in [5.74, 6) is 0. The smallest absolute Gasteiger partial charge is 0.187 e. The molecule has 0 aromatic carbocycles. The Hall–Kier alpha value is -5.39. The molecule has 0 spiro atoms. The third-order valence-corrected chi connectivity index (χ3v) is 21.7. The lowest BCUT2D eigenvalue weighted by atomic mass is 9.94. The average molecular weight is 1950 g/mol. The molecule has 35 atom stereocenters. The molecule has 0 saturated carbocycles. The summed E-state index contributed by atoms with van der Waals surface area (Å²) >= 11 is 0. The number of hydrogen-bond acceptors (Lipinski definition) is 49. The zero-order valence-corrected chi connectivity index (χ0v) is 71.6. The second-order valence-corrected chi connectivity index (χ2v) is 29.8. The molecule has 28 rings (SSSR count). The summed E-state index contributed by atoms with van der Waals surface area (Å²) in [6.07, 6.45) is -59.8. The van der Waals surface area contributed by atoms with Crippen LogP contribution in [-0.4, -0.2) is 391 Å². The molecule has 126 heavy (non-hydrogen) atoms. The van der Waals surface area contributed by atoms with Crippen LogP contribution in [0, 0.1) is 0 Å². The van der Waals surface area contributed by atoms with Gasteiger partial charge >= 0.3 is 0 Å². The first-order valence-electron chi connectivity index (χ1n) is 38.1. The van der Waals surface area contributed by atoms with Gasteiger partial charge in [-0.2, -0.15) is 0 Å². The van der Waals surface area contributed by atoms with Gasteiger partial charge in [0, 0.05) is 89.2 Å². The second-order valence-electron chi connectivity index (χ2n) is 29.8. The topological polar surface area (TPSA) is 810 Å². The molecule has 21 aliphatic rings. The quantitative estimate of drug-likeness (QED) is 0.0318. The van der Waals surface area contributed by atoms with Crippen LogP contribution in [-0.2, 0) is 158 Å². The number of hydrogen-bond donors (Lipinski definition) is 21. The van der Waals surface area contributed by atoms with Gasteiger partial charge in [-0.25, -0.2) is 32.8 Å². The predicted octanol–water partition coefficient (Wildman–Crippen LogP) is -14.0. The Morgan fingerprint density at radius 3 is 0.397 bits per heavy atom. The first-order valence-corrected chi connectivity index (χ1v) is 38.1. The largest absolute Gasteiger partial charge is 0.387 e. The number of halogens is 7. The van der Waals surface area contributed by atoms with Gasteiger partial charge in [0.15, 0.2) is 44.0 Å². The molecule has 0 radical (unpaired) electrons. The zero-order valence-electron chi connectivity index (χ0n) is 65.9. The first kappa shape index (κ1) is 106. The normalized spacial score (nSPS) is 37.8. The summed E-state index contributed by atoms with van der Waals surface area (Å²) < 4.78 is 99.1. The number of aliphatic hydroxyl groups is 14. The Morgan fingerprint density at radius 1 is 0.190 bits per heavy atom. The fourth-order valence-corrected chi connectivity index (χ4v) is 15.4. The number of rotatable bonds is 21. The van der Waals surface area contributed by atoms with Crippen molar-refractivity contribution in [3.05, 3.63) is 83.2 Å². The van der Waals surface area contributed by atoms with E-state index in [4.69, 9.17) is 106 Å². The van der Waals surface area contributed by atoms with E-state index in [0.717, 1.165) is 0 Å². The fraction of sp³-hybridized carbons (Fsp3) is 0.778. The van der Waals surface area contributed by atoms with E-state index >= 15 is 0 Å². The molecule has 56 nitrogen and oxygen atoms in total. The van der Waals surface area contributed by atoms with Gasteiger partial charge in [-0.05, 0) is 0 Å². The molecular formula is C63H105Cl7N28O28. The number of aliphatic hydroxyl groups excluding tert-OH is 14. The highest BCUT2D eigenvalue weighted by Crippen LogP contribution is 2.41. The molecule has 0 amide bonds. The summed E-state index contributed by atoms with van der Waals surface area (Å²) in [4.78, 5) is 0. The van der Waals surface area contributed by atoms with E-state index in [9.17, 15) is 71.5 Å². The van der Waals surface area contributed by atoms with Crippen LogP contribution >= 0.6 is 86.8 Å². The molecule has 21 aliphatic heterocycles. The number of nitrogens with two attached hydrogens (primary N) is 7. The number of ether oxygens (including phenoxy) is 14. The van der Waals surface area contributed by atoms with E-state index < -0.39 is 261 Å². The van der Waals surface area contributed by atoms with Crippen LogP contribution in [0.2, 0.25) is 0 Å². The van der Waals surface area contributed by atoms with Crippen LogP contribution in [0.15, 0.2) is 43.4 Å². The lowest BCUT2D eigenvalue weighted by molar-refractivity contribution is -0.395. The van der Waals surface area contributed by atoms with Crippen molar-refractivity contribution in [2.75, 3.05) is 0 Å². The summed E-state index contributed by atoms with van der Waals surface area (Å²) in [5, 5.41) is 232. The van der Waals surface area contributed by atoms with Gasteiger partial charge in [0.05, 0.1) is 85.7 Å². The van der Waals surface area contributed by atoms with Gasteiger partial charge in [0.2, 0.25) is 0 Å². The third kappa shape index (κ3) is 22.9. The van der Waals surface area contributed by atoms with Crippen molar-refractivity contribution in [1.82, 2.24) is 105 Å². The Balaban J connectivity index is 0.00000281. The minimum atomic E-state index is -2.24. The van der Waals surface area contributed by atoms with Crippen molar-refractivity contribution in [2.45, 2.75) is 307 Å². The maximum Gasteiger partial charge on any atom is 0.187 e. The molecule has 7 aromatic heterocycles. The van der Waals surface area contributed by atoms with Gasteiger partial charge in [0.1, 0.15) is 171 Å². The third-order valence-electron chi connectivity index (χ3n) is 21.7. The lowest BCUT2D eigenvalue weighted by Crippen LogP contribution is -2.68. The van der Waals surface area contributed by atoms with Crippen LogP contribution < -0.4 is 40.1 Å². The molecule has 28 heterocycles. The van der Waals surface area contributed by atoms with Crippen molar-refractivity contribution in [1.29, 1.82) is 0 Å². The maximum absolute atomic E-state index is 12.5. The van der Waals surface area contributed by atoms with E-state index in [1.807, 2.05) is 0 Å². The molecule has 28 N–H and O–H groups in total. The highest BCUT2D eigenvalue weighted by atomic mass is 35.5. The van der Waals surface area contributed by atoms with E-state index in [0.29, 0.717) is 0 Å². The number of aromatic nitrogens is 21. The van der Waals surface area contributed by atoms with E-state index in [1.54, 1.807) is 0 Å². The van der Waals surface area contributed by atoms with Crippen molar-refractivity contribution < 1.29 is 138 Å². The summed E-state index contributed by atoms with van der Waals surface area (Å²) in [6, 6.07) is 0. The predicted molar refractivity (Wildman–Crippen MR) is 425 cm³/mol. The van der Waals surface area contributed by atoms with Crippen LogP contribution in [0.3, 0.4) is 0 Å². The Labute approximate surface area is 755 Å². The van der Waals surface area contributed by atoms with Gasteiger partial charge in [0.25, 0.3) is 0 Å². The lowest BCUT2D eigenvalue weighted by Gasteiger charge is -2.50. The van der Waals surface area contributed by atoms with Crippen molar-refractivity contribution in [3.63, 3.8) is 0 Å². The molecule has 21 saturated heterocycles. The molecule has 14 bridgehead atoms. The molecule has 63 heteroatoms. The van der Waals surface area contributed by atoms with Crippen LogP contribution in [0.5, 0.6) is 0 Å². The molecule has 7 aromatic rings. The Morgan fingerprint density at radius 2 is 0.302 bits per heavy atom. The van der Waals surface area contributed by atoms with Gasteiger partial charge in [-0.3, -0.25) is 0 Å². The second kappa shape index (κ2) is 46.3. The maximum atomic E-state index is 12.5. The van der Waals surface area contributed by atoms with Crippen molar-refractivity contribution in [2.24, 2.45) is 40.1 Å². The molecule has 0 unspecified atom stereocenters. The first-order chi connectivity index (χ1) is 57.3. The van der Waals surface area contributed by atoms with Crippen molar-refractivity contribution in [3.8, 4) is 0 Å². The van der Waals surface area contributed by atoms with Crippen molar-refractivity contribution >= 4 is 86.8 Å². The van der Waals surface area contributed by atoms with Crippen LogP contribution in [0.25, 0.3) is 0 Å². The van der Waals surface area contributed by atoms with Gasteiger partial charge in [-0.1, -0.05) is 36.5 Å². The minimum Gasteiger partial charge on any atom is -0.387 e. The minimum absolute atomic E-state index is 0. The monoisotopic (exact) mass is 1950 g/mol. The number of nitrogens with zero attached hydrogens (tertiary/aromatic N) is 21. The average Bonchev–Trinajstić information content (AvgIpc) is 0.928. The SMILES string of the molecule is Cl.Cl.Cl.Cl.Cl.Cl.Cl.NCc1cn(C[C@H]2O[C@@H]3O[C@H]4[C@H](O)[C@@H](O)[C@@H](O[C@H]5[C@H](O)[C@@H](O)[C@@H](O[C@H]6[C@H](O)[C@@H](O)[C@@H](O[C@H]7[C@H](O)[C@@H](O)[C@@H](O[C@H]8[C@H](O)[C@@H](O)[C@@H](O[C@H]9[C@H](O)[C@@H](O)[C@@H](O[C@H]2[C@H](O)[C@H]3O)O[C@@H]9Cn2cc(CN)nn2)O[C@@H]8Cn2cc(CN)nn2)O[C@@H]7Cn2cc(CN)nn2)O[C@@H]6Cn2cc(CN)nn2)O[C@@H]5Cn2cc(CN)nn2)O[C@@H]4Cn2cc(CN)nn2)nn1. The Bertz CT molecular complexity index is 3670. The van der Waals surface area contributed by atoms with E-state index in [2.05, 4.69) is 72.2 Å². The highest BCUT2D eigenvalue weighted by Gasteiger charge is 2.61. The van der Waals surface area contributed by atoms with Gasteiger partial charge in [-0.15, -0.1) is 123 Å². The molecule has 0 aliphatic carbocycles. The van der Waals surface area contributed by atoms with E-state index in [-0.39, 0.29) is 173 Å². The molecule has 21 fully saturated rings. The van der Waals surface area contributed by atoms with Crippen LogP contribution in [0.4, 0.5) is 0 Å². The van der Waals surface area contributed by atoms with E-state index in [1.165, 1.54) is 76.2 Å². The highest BCUT2D eigenvalue weighted by molar-refractivity contribution is 5.86. The van der Waals surface area contributed by atoms with Gasteiger partial charge < -0.3 is 178 Å². The fourth-order valence-electron chi connectivity index (χ4n) is 15.4. The summed E-state index contributed by atoms with van der Waals surface area (Å²) in [5.41, 5.74) is 43.4. The van der Waals surface area contributed by atoms with Crippen LogP contribution in [0.1, 0.15) is 39.9 Å².